The molecule has 0 fully saturated rings. The number of amidine groups is 1. The fraction of sp³-hybridized carbons (Fsp3) is 0.143. The van der Waals surface area contributed by atoms with E-state index in [2.05, 4.69) is 15.5 Å². The molecule has 1 heterocycles. The molecule has 1 aromatic heterocycles. The maximum absolute atomic E-state index is 12.8. The Morgan fingerprint density at radius 2 is 2.00 bits per heavy atom. The lowest BCUT2D eigenvalue weighted by Crippen LogP contribution is -2.32. The van der Waals surface area contributed by atoms with Crippen molar-refractivity contribution in [1.82, 2.24) is 10.4 Å². The van der Waals surface area contributed by atoms with Crippen molar-refractivity contribution >= 4 is 5.84 Å². The van der Waals surface area contributed by atoms with Gasteiger partial charge in [0.05, 0.1) is 5.69 Å². The molecule has 5 N–H and O–H groups in total. The molecule has 1 aromatic carbocycles. The van der Waals surface area contributed by atoms with E-state index in [0.29, 0.717) is 17.1 Å². The maximum Gasteiger partial charge on any atom is 0.168 e. The van der Waals surface area contributed by atoms with Gasteiger partial charge in [0.2, 0.25) is 0 Å². The topological polar surface area (TPSA) is 98.5 Å². The summed E-state index contributed by atoms with van der Waals surface area (Å²) in [5.74, 6) is 11.1. The lowest BCUT2D eigenvalue weighted by atomic mass is 10.2. The fourth-order valence-electron chi connectivity index (χ4n) is 1.76. The minimum absolute atomic E-state index is 0.284. The smallest absolute Gasteiger partial charge is 0.168 e. The molecule has 1 unspecified atom stereocenters. The molecule has 1 atom stereocenters. The number of hydrogen-bond donors (Lipinski definition) is 3. The van der Waals surface area contributed by atoms with Gasteiger partial charge in [-0.1, -0.05) is 0 Å². The van der Waals surface area contributed by atoms with Gasteiger partial charge >= 0.3 is 0 Å². The molecule has 0 amide bonds. The normalized spacial score (nSPS) is 12.8. The van der Waals surface area contributed by atoms with Crippen molar-refractivity contribution in [1.29, 1.82) is 0 Å². The van der Waals surface area contributed by atoms with Crippen molar-refractivity contribution in [3.8, 4) is 5.75 Å². The lowest BCUT2D eigenvalue weighted by molar-refractivity contribution is 0.221. The Morgan fingerprint density at radius 3 is 2.52 bits per heavy atom. The van der Waals surface area contributed by atoms with Crippen molar-refractivity contribution in [2.45, 2.75) is 13.0 Å². The summed E-state index contributed by atoms with van der Waals surface area (Å²) in [6.07, 6.45) is 1.31. The zero-order valence-electron chi connectivity index (χ0n) is 11.5. The number of nitrogens with zero attached hydrogens (tertiary/aromatic N) is 2. The molecule has 110 valence electrons. The molecule has 21 heavy (non-hydrogen) atoms. The number of nitrogens with one attached hydrogen (secondary N) is 1. The van der Waals surface area contributed by atoms with E-state index in [4.69, 9.17) is 16.4 Å². The third-order valence-corrected chi connectivity index (χ3v) is 2.87. The minimum atomic E-state index is -0.305. The number of nitrogens with two attached hydrogens (primary N) is 2. The van der Waals surface area contributed by atoms with Gasteiger partial charge in [0.1, 0.15) is 17.7 Å². The van der Waals surface area contributed by atoms with Gasteiger partial charge in [0.15, 0.2) is 5.84 Å². The lowest BCUT2D eigenvalue weighted by Gasteiger charge is -2.14. The molecule has 7 heteroatoms. The number of halogens is 1. The van der Waals surface area contributed by atoms with Crippen LogP contribution in [0.4, 0.5) is 4.39 Å². The molecule has 0 aliphatic heterocycles. The van der Waals surface area contributed by atoms with Gasteiger partial charge in [-0.25, -0.2) is 10.2 Å². The van der Waals surface area contributed by atoms with Gasteiger partial charge < -0.3 is 16.0 Å². The first-order valence-corrected chi connectivity index (χ1v) is 6.27. The Labute approximate surface area is 121 Å². The summed E-state index contributed by atoms with van der Waals surface area (Å²) in [5, 5.41) is 3.50. The van der Waals surface area contributed by atoms with Crippen LogP contribution in [0.3, 0.4) is 0 Å². The van der Waals surface area contributed by atoms with E-state index >= 15 is 0 Å². The second-order valence-corrected chi connectivity index (χ2v) is 4.31. The van der Waals surface area contributed by atoms with Crippen molar-refractivity contribution < 1.29 is 9.13 Å². The summed E-state index contributed by atoms with van der Waals surface area (Å²) in [6.45, 7) is 1.85. The average Bonchev–Trinajstić information content (AvgIpc) is 2.51. The third kappa shape index (κ3) is 3.67. The highest BCUT2D eigenvalue weighted by atomic mass is 19.1. The molecule has 0 aliphatic rings. The number of hydrazone groups is 1. The number of rotatable bonds is 4. The summed E-state index contributed by atoms with van der Waals surface area (Å²) in [7, 11) is 0. The van der Waals surface area contributed by atoms with Crippen LogP contribution >= 0.6 is 0 Å². The quantitative estimate of drug-likeness (QED) is 0.342. The monoisotopic (exact) mass is 289 g/mol. The second-order valence-electron chi connectivity index (χ2n) is 4.31. The summed E-state index contributed by atoms with van der Waals surface area (Å²) in [5.41, 5.74) is 3.76. The number of benzene rings is 1. The third-order valence-electron chi connectivity index (χ3n) is 2.87. The fourth-order valence-corrected chi connectivity index (χ4v) is 1.76. The summed E-state index contributed by atoms with van der Waals surface area (Å²) >= 11 is 0. The van der Waals surface area contributed by atoms with Gasteiger partial charge in [0.25, 0.3) is 0 Å². The number of pyridine rings is 1. The van der Waals surface area contributed by atoms with Crippen molar-refractivity contribution in [2.24, 2.45) is 16.8 Å². The summed E-state index contributed by atoms with van der Waals surface area (Å²) in [6, 6.07) is 9.38. The highest BCUT2D eigenvalue weighted by molar-refractivity contribution is 5.97. The Bertz CT molecular complexity index is 612. The van der Waals surface area contributed by atoms with E-state index in [1.807, 2.05) is 6.92 Å². The predicted octanol–water partition coefficient (Wildman–Crippen LogP) is 1.44. The summed E-state index contributed by atoms with van der Waals surface area (Å²) in [4.78, 5) is 4.28. The van der Waals surface area contributed by atoms with Gasteiger partial charge in [-0.3, -0.25) is 4.98 Å². The van der Waals surface area contributed by atoms with E-state index in [-0.39, 0.29) is 11.9 Å². The van der Waals surface area contributed by atoms with E-state index in [9.17, 15) is 4.39 Å². The number of ether oxygens (including phenoxy) is 1. The second kappa shape index (κ2) is 6.67. The molecule has 0 radical (unpaired) electrons. The van der Waals surface area contributed by atoms with Crippen molar-refractivity contribution in [3.05, 3.63) is 59.7 Å². The molecular formula is C14H16FN5O. The molecule has 0 aliphatic carbocycles. The summed E-state index contributed by atoms with van der Waals surface area (Å²) < 4.78 is 18.5. The first-order chi connectivity index (χ1) is 10.1. The molecule has 2 rings (SSSR count). The van der Waals surface area contributed by atoms with Crippen molar-refractivity contribution in [2.75, 3.05) is 0 Å². The molecule has 0 spiro atoms. The standard InChI is InChI=1S/C14H16FN5O/c1-9(21-12-5-3-11(15)4-6-12)13-7-2-10(8-18-13)14(19-16)20-17/h2-9H,16-17H2,1H3,(H,19,20). The molecule has 0 saturated heterocycles. The molecule has 0 saturated carbocycles. The van der Waals surface area contributed by atoms with E-state index in [1.165, 1.54) is 12.1 Å². The Morgan fingerprint density at radius 1 is 1.29 bits per heavy atom. The first kappa shape index (κ1) is 14.7. The van der Waals surface area contributed by atoms with Crippen LogP contribution in [0.1, 0.15) is 24.3 Å². The van der Waals surface area contributed by atoms with Gasteiger partial charge in [0, 0.05) is 11.8 Å². The number of aromatic nitrogens is 1. The van der Waals surface area contributed by atoms with Crippen LogP contribution in [0.2, 0.25) is 0 Å². The Balaban J connectivity index is 2.09. The maximum atomic E-state index is 12.8. The van der Waals surface area contributed by atoms with Gasteiger partial charge in [-0.15, -0.1) is 0 Å². The minimum Gasteiger partial charge on any atom is -0.484 e. The average molecular weight is 289 g/mol. The molecular weight excluding hydrogens is 273 g/mol. The highest BCUT2D eigenvalue weighted by Crippen LogP contribution is 2.20. The first-order valence-electron chi connectivity index (χ1n) is 6.27. The van der Waals surface area contributed by atoms with Gasteiger partial charge in [-0.2, -0.15) is 5.10 Å². The number of hydrazine groups is 1. The highest BCUT2D eigenvalue weighted by Gasteiger charge is 2.10. The largest absolute Gasteiger partial charge is 0.484 e. The van der Waals surface area contributed by atoms with Crippen LogP contribution in [-0.2, 0) is 0 Å². The Kier molecular flexibility index (Phi) is 4.68. The van der Waals surface area contributed by atoms with Crippen LogP contribution in [0.25, 0.3) is 0 Å². The number of hydrogen-bond acceptors (Lipinski definition) is 5. The van der Waals surface area contributed by atoms with Crippen LogP contribution in [-0.4, -0.2) is 10.8 Å². The molecule has 6 nitrogen and oxygen atoms in total. The van der Waals surface area contributed by atoms with Crippen LogP contribution in [0.15, 0.2) is 47.7 Å². The van der Waals surface area contributed by atoms with E-state index < -0.39 is 0 Å². The van der Waals surface area contributed by atoms with Crippen LogP contribution in [0, 0.1) is 5.82 Å². The molecule has 2 aromatic rings. The van der Waals surface area contributed by atoms with Gasteiger partial charge in [-0.05, 0) is 43.3 Å². The van der Waals surface area contributed by atoms with E-state index in [1.54, 1.807) is 30.5 Å². The zero-order chi connectivity index (χ0) is 15.2. The van der Waals surface area contributed by atoms with E-state index in [0.717, 1.165) is 5.69 Å². The SMILES string of the molecule is CC(Oc1ccc(F)cc1)c1ccc(/C(=N/N)NN)cn1. The predicted molar refractivity (Wildman–Crippen MR) is 77.7 cm³/mol. The van der Waals surface area contributed by atoms with Crippen molar-refractivity contribution in [3.63, 3.8) is 0 Å². The van der Waals surface area contributed by atoms with Crippen LogP contribution < -0.4 is 21.8 Å². The van der Waals surface area contributed by atoms with Crippen LogP contribution in [0.5, 0.6) is 5.75 Å². The Hall–Kier alpha value is -2.67. The molecule has 0 bridgehead atoms. The zero-order valence-corrected chi connectivity index (χ0v) is 11.5.